The highest BCUT2D eigenvalue weighted by atomic mass is 32.2. The third kappa shape index (κ3) is 6.21. The number of amides is 1. The maximum atomic E-state index is 13.3. The molecule has 168 valence electrons. The van der Waals surface area contributed by atoms with Crippen LogP contribution in [0.4, 0.5) is 4.39 Å². The Morgan fingerprint density at radius 3 is 2.30 bits per heavy atom. The highest BCUT2D eigenvalue weighted by Gasteiger charge is 2.27. The Bertz CT molecular complexity index is 791. The van der Waals surface area contributed by atoms with Gasteiger partial charge in [0.15, 0.2) is 0 Å². The number of piperazine rings is 2. The first-order chi connectivity index (χ1) is 14.4. The molecule has 0 atom stereocenters. The third-order valence-electron chi connectivity index (χ3n) is 5.76. The van der Waals surface area contributed by atoms with Crippen LogP contribution in [0.2, 0.25) is 0 Å². The Kier molecular flexibility index (Phi) is 8.18. The van der Waals surface area contributed by atoms with Crippen LogP contribution >= 0.6 is 0 Å². The van der Waals surface area contributed by atoms with E-state index in [1.807, 2.05) is 0 Å². The van der Waals surface area contributed by atoms with E-state index in [9.17, 15) is 17.6 Å². The predicted molar refractivity (Wildman–Crippen MR) is 113 cm³/mol. The molecule has 0 saturated carbocycles. The van der Waals surface area contributed by atoms with Crippen LogP contribution in [-0.4, -0.2) is 112 Å². The van der Waals surface area contributed by atoms with Crippen LogP contribution in [-0.2, 0) is 14.8 Å². The second kappa shape index (κ2) is 10.6. The van der Waals surface area contributed by atoms with Crippen molar-refractivity contribution in [3.05, 3.63) is 30.1 Å². The Hall–Kier alpha value is -1.59. The molecule has 30 heavy (non-hydrogen) atoms. The van der Waals surface area contributed by atoms with E-state index in [4.69, 9.17) is 0 Å². The van der Waals surface area contributed by atoms with Crippen LogP contribution in [0, 0.1) is 5.82 Å². The quantitative estimate of drug-likeness (QED) is 0.607. The molecule has 3 rings (SSSR count). The van der Waals surface area contributed by atoms with E-state index in [1.54, 1.807) is 4.90 Å². The summed E-state index contributed by atoms with van der Waals surface area (Å²) < 4.78 is 41.1. The largest absolute Gasteiger partial charge is 0.340 e. The number of hydrogen-bond donors (Lipinski definition) is 1. The molecule has 2 aliphatic rings. The smallest absolute Gasteiger partial charge is 0.243 e. The Balaban J connectivity index is 1.67. The standard InChI is InChI=1S/C20H32FN5O3S/c1-23-12-14-24(15-13-23)16-17-26(9-6-20(27)25-10-7-22-8-11-25)30(28,29)19-4-2-18(21)3-5-19/h2-5,22H,6-17H2,1H3. The molecule has 2 heterocycles. The van der Waals surface area contributed by atoms with Crippen molar-refractivity contribution in [2.75, 3.05) is 79.0 Å². The molecule has 0 aromatic heterocycles. The van der Waals surface area contributed by atoms with E-state index in [0.29, 0.717) is 26.2 Å². The Morgan fingerprint density at radius 1 is 1.03 bits per heavy atom. The first-order valence-electron chi connectivity index (χ1n) is 10.5. The molecule has 10 heteroatoms. The Labute approximate surface area is 178 Å². The second-order valence-corrected chi connectivity index (χ2v) is 9.82. The van der Waals surface area contributed by atoms with Crippen LogP contribution in [0.25, 0.3) is 0 Å². The highest BCUT2D eigenvalue weighted by Crippen LogP contribution is 2.17. The molecule has 2 saturated heterocycles. The summed E-state index contributed by atoms with van der Waals surface area (Å²) in [5.41, 5.74) is 0. The van der Waals surface area contributed by atoms with Crippen molar-refractivity contribution in [3.63, 3.8) is 0 Å². The number of nitrogens with one attached hydrogen (secondary N) is 1. The van der Waals surface area contributed by atoms with E-state index >= 15 is 0 Å². The number of halogens is 1. The molecule has 0 spiro atoms. The summed E-state index contributed by atoms with van der Waals surface area (Å²) in [6.07, 6.45) is 0.142. The molecule has 1 aromatic rings. The number of sulfonamides is 1. The maximum Gasteiger partial charge on any atom is 0.243 e. The van der Waals surface area contributed by atoms with Gasteiger partial charge in [-0.25, -0.2) is 12.8 Å². The lowest BCUT2D eigenvalue weighted by Gasteiger charge is -2.34. The molecule has 0 unspecified atom stereocenters. The summed E-state index contributed by atoms with van der Waals surface area (Å²) in [6, 6.07) is 4.87. The molecule has 2 fully saturated rings. The lowest BCUT2D eigenvalue weighted by Crippen LogP contribution is -2.49. The lowest BCUT2D eigenvalue weighted by atomic mass is 10.3. The van der Waals surface area contributed by atoms with Crippen LogP contribution in [0.5, 0.6) is 0 Å². The monoisotopic (exact) mass is 441 g/mol. The summed E-state index contributed by atoms with van der Waals surface area (Å²) in [6.45, 7) is 7.51. The van der Waals surface area contributed by atoms with Gasteiger partial charge in [-0.05, 0) is 31.3 Å². The van der Waals surface area contributed by atoms with Gasteiger partial charge in [-0.1, -0.05) is 0 Å². The minimum absolute atomic E-state index is 0.0320. The Morgan fingerprint density at radius 2 is 1.67 bits per heavy atom. The maximum absolute atomic E-state index is 13.3. The van der Waals surface area contributed by atoms with Crippen molar-refractivity contribution >= 4 is 15.9 Å². The van der Waals surface area contributed by atoms with Gasteiger partial charge in [-0.15, -0.1) is 0 Å². The van der Waals surface area contributed by atoms with Crippen molar-refractivity contribution in [3.8, 4) is 0 Å². The van der Waals surface area contributed by atoms with Crippen molar-refractivity contribution in [2.24, 2.45) is 0 Å². The summed E-state index contributed by atoms with van der Waals surface area (Å²) in [5, 5.41) is 3.20. The number of rotatable bonds is 8. The van der Waals surface area contributed by atoms with Crippen molar-refractivity contribution in [1.29, 1.82) is 0 Å². The molecular weight excluding hydrogens is 409 g/mol. The third-order valence-corrected chi connectivity index (χ3v) is 7.67. The average Bonchev–Trinajstić information content (AvgIpc) is 2.75. The summed E-state index contributed by atoms with van der Waals surface area (Å²) in [4.78, 5) is 18.9. The molecular formula is C20H32FN5O3S. The zero-order chi connectivity index (χ0) is 21.6. The number of benzene rings is 1. The van der Waals surface area contributed by atoms with Gasteiger partial charge in [-0.2, -0.15) is 4.31 Å². The van der Waals surface area contributed by atoms with Gasteiger partial charge in [0, 0.05) is 78.4 Å². The van der Waals surface area contributed by atoms with Crippen molar-refractivity contribution < 1.29 is 17.6 Å². The number of likely N-dealkylation sites (N-methyl/N-ethyl adjacent to an activating group) is 1. The average molecular weight is 442 g/mol. The van der Waals surface area contributed by atoms with Crippen molar-refractivity contribution in [1.82, 2.24) is 24.3 Å². The van der Waals surface area contributed by atoms with E-state index in [2.05, 4.69) is 22.2 Å². The lowest BCUT2D eigenvalue weighted by molar-refractivity contribution is -0.131. The molecule has 1 amide bonds. The molecule has 0 aliphatic carbocycles. The first-order valence-corrected chi connectivity index (χ1v) is 12.0. The predicted octanol–water partition coefficient (Wildman–Crippen LogP) is -0.114. The van der Waals surface area contributed by atoms with E-state index in [-0.39, 0.29) is 23.8 Å². The summed E-state index contributed by atoms with van der Waals surface area (Å²) in [5.74, 6) is -0.512. The van der Waals surface area contributed by atoms with Gasteiger partial charge >= 0.3 is 0 Å². The normalized spacial score (nSPS) is 19.4. The van der Waals surface area contributed by atoms with Gasteiger partial charge in [0.1, 0.15) is 5.82 Å². The van der Waals surface area contributed by atoms with Crippen LogP contribution in [0.1, 0.15) is 6.42 Å². The fourth-order valence-electron chi connectivity index (χ4n) is 3.72. The number of hydrogen-bond acceptors (Lipinski definition) is 6. The van der Waals surface area contributed by atoms with E-state index in [0.717, 1.165) is 51.4 Å². The van der Waals surface area contributed by atoms with Gasteiger partial charge in [0.2, 0.25) is 15.9 Å². The van der Waals surface area contributed by atoms with Gasteiger partial charge in [0.05, 0.1) is 4.90 Å². The van der Waals surface area contributed by atoms with Gasteiger partial charge in [-0.3, -0.25) is 9.69 Å². The van der Waals surface area contributed by atoms with Gasteiger partial charge < -0.3 is 15.1 Å². The number of nitrogens with zero attached hydrogens (tertiary/aromatic N) is 4. The number of carbonyl (C=O) groups excluding carboxylic acids is 1. The molecule has 8 nitrogen and oxygen atoms in total. The number of carbonyl (C=O) groups is 1. The van der Waals surface area contributed by atoms with Crippen LogP contribution in [0.3, 0.4) is 0 Å². The second-order valence-electron chi connectivity index (χ2n) is 7.88. The van der Waals surface area contributed by atoms with Crippen LogP contribution in [0.15, 0.2) is 29.2 Å². The van der Waals surface area contributed by atoms with Gasteiger partial charge in [0.25, 0.3) is 0 Å². The van der Waals surface area contributed by atoms with E-state index in [1.165, 1.54) is 16.4 Å². The fraction of sp³-hybridized carbons (Fsp3) is 0.650. The zero-order valence-corrected chi connectivity index (χ0v) is 18.4. The van der Waals surface area contributed by atoms with Crippen molar-refractivity contribution in [2.45, 2.75) is 11.3 Å². The minimum atomic E-state index is -3.81. The minimum Gasteiger partial charge on any atom is -0.340 e. The van der Waals surface area contributed by atoms with E-state index < -0.39 is 15.8 Å². The molecule has 0 bridgehead atoms. The molecule has 2 aliphatic heterocycles. The molecule has 1 N–H and O–H groups in total. The summed E-state index contributed by atoms with van der Waals surface area (Å²) in [7, 11) is -1.74. The summed E-state index contributed by atoms with van der Waals surface area (Å²) >= 11 is 0. The SMILES string of the molecule is CN1CCN(CCN(CCC(=O)N2CCNCC2)S(=O)(=O)c2ccc(F)cc2)CC1. The van der Waals surface area contributed by atoms with Crippen LogP contribution < -0.4 is 5.32 Å². The zero-order valence-electron chi connectivity index (χ0n) is 17.6. The topological polar surface area (TPSA) is 76.2 Å². The molecule has 1 aromatic carbocycles. The fourth-order valence-corrected chi connectivity index (χ4v) is 5.16. The highest BCUT2D eigenvalue weighted by molar-refractivity contribution is 7.89. The first kappa shape index (κ1) is 23.1. The molecule has 0 radical (unpaired) electrons.